The Morgan fingerprint density at radius 3 is 2.14 bits per heavy atom. The van der Waals surface area contributed by atoms with Crippen molar-refractivity contribution in [3.05, 3.63) is 54.1 Å². The van der Waals surface area contributed by atoms with Crippen molar-refractivity contribution in [1.82, 2.24) is 4.90 Å². The molecule has 1 N–H and O–H groups in total. The number of hydrogen-bond acceptors (Lipinski definition) is 7. The maximum Gasteiger partial charge on any atom is 0.415 e. The van der Waals surface area contributed by atoms with Crippen molar-refractivity contribution in [2.24, 2.45) is 0 Å². The average molecular weight is 504 g/mol. The Hall–Kier alpha value is -3.30. The zero-order valence-corrected chi connectivity index (χ0v) is 21.3. The van der Waals surface area contributed by atoms with Gasteiger partial charge in [-0.25, -0.2) is 9.59 Å². The van der Waals surface area contributed by atoms with Crippen LogP contribution in [0.1, 0.15) is 32.3 Å². The maximum atomic E-state index is 12.8. The number of carboxylic acid groups (broad SMARTS) is 1. The molecule has 0 heterocycles. The van der Waals surface area contributed by atoms with Crippen LogP contribution in [0.4, 0.5) is 4.79 Å². The van der Waals surface area contributed by atoms with Crippen LogP contribution in [0.15, 0.2) is 48.5 Å². The molecule has 2 aromatic rings. The molecule has 0 aliphatic heterocycles. The van der Waals surface area contributed by atoms with E-state index in [9.17, 15) is 14.7 Å². The Morgan fingerprint density at radius 2 is 1.53 bits per heavy atom. The van der Waals surface area contributed by atoms with Crippen LogP contribution in [-0.2, 0) is 20.7 Å². The van der Waals surface area contributed by atoms with Gasteiger partial charge < -0.3 is 33.7 Å². The van der Waals surface area contributed by atoms with Gasteiger partial charge in [-0.2, -0.15) is 0 Å². The van der Waals surface area contributed by atoms with Crippen molar-refractivity contribution in [1.29, 1.82) is 0 Å². The fourth-order valence-electron chi connectivity index (χ4n) is 3.25. The molecule has 0 aliphatic rings. The van der Waals surface area contributed by atoms with Crippen LogP contribution in [0, 0.1) is 0 Å². The summed E-state index contributed by atoms with van der Waals surface area (Å²) >= 11 is 0. The summed E-state index contributed by atoms with van der Waals surface area (Å²) in [6.45, 7) is 6.16. The molecule has 1 amide bonds. The Bertz CT molecular complexity index is 901. The highest BCUT2D eigenvalue weighted by Gasteiger charge is 2.18. The SMILES string of the molecule is CCCCOCCN(CCOc1ccc(CC(OCC)C(=O)O)cc1)C(=O)Oc1ccc(OC)cc1. The minimum absolute atomic E-state index is 0.253. The molecule has 0 saturated carbocycles. The van der Waals surface area contributed by atoms with Crippen LogP contribution >= 0.6 is 0 Å². The van der Waals surface area contributed by atoms with E-state index in [1.165, 1.54) is 0 Å². The number of nitrogens with zero attached hydrogens (tertiary/aromatic N) is 1. The summed E-state index contributed by atoms with van der Waals surface area (Å²) in [5.41, 5.74) is 0.831. The third-order valence-corrected chi connectivity index (χ3v) is 5.29. The van der Waals surface area contributed by atoms with Crippen LogP contribution in [0.3, 0.4) is 0 Å². The van der Waals surface area contributed by atoms with E-state index in [1.54, 1.807) is 55.3 Å². The summed E-state index contributed by atoms with van der Waals surface area (Å²) in [6.07, 6.45) is 0.901. The summed E-state index contributed by atoms with van der Waals surface area (Å²) in [4.78, 5) is 25.6. The van der Waals surface area contributed by atoms with Gasteiger partial charge in [-0.15, -0.1) is 0 Å². The number of carbonyl (C=O) groups is 2. The molecule has 0 bridgehead atoms. The molecule has 2 aromatic carbocycles. The molecule has 0 aromatic heterocycles. The first-order valence-electron chi connectivity index (χ1n) is 12.2. The number of carbonyl (C=O) groups excluding carboxylic acids is 1. The molecular formula is C27H37NO8. The van der Waals surface area contributed by atoms with Gasteiger partial charge in [-0.05, 0) is 55.3 Å². The van der Waals surface area contributed by atoms with E-state index >= 15 is 0 Å². The highest BCUT2D eigenvalue weighted by Crippen LogP contribution is 2.18. The van der Waals surface area contributed by atoms with Gasteiger partial charge in [-0.1, -0.05) is 25.5 Å². The molecule has 0 saturated heterocycles. The lowest BCUT2D eigenvalue weighted by Crippen LogP contribution is -2.39. The molecule has 0 aliphatic carbocycles. The highest BCUT2D eigenvalue weighted by molar-refractivity contribution is 5.72. The molecule has 9 nitrogen and oxygen atoms in total. The molecule has 198 valence electrons. The molecule has 1 atom stereocenters. The second-order valence-corrected chi connectivity index (χ2v) is 7.98. The molecule has 0 radical (unpaired) electrons. The lowest BCUT2D eigenvalue weighted by Gasteiger charge is -2.22. The maximum absolute atomic E-state index is 12.8. The summed E-state index contributed by atoms with van der Waals surface area (Å²) < 4.78 is 27.3. The third kappa shape index (κ3) is 10.5. The predicted molar refractivity (Wildman–Crippen MR) is 135 cm³/mol. The minimum Gasteiger partial charge on any atom is -0.497 e. The number of amides is 1. The van der Waals surface area contributed by atoms with Gasteiger partial charge in [0.1, 0.15) is 23.9 Å². The van der Waals surface area contributed by atoms with E-state index < -0.39 is 18.2 Å². The van der Waals surface area contributed by atoms with Crippen LogP contribution in [-0.4, -0.2) is 74.8 Å². The number of rotatable bonds is 17. The first-order chi connectivity index (χ1) is 17.5. The largest absolute Gasteiger partial charge is 0.497 e. The quantitative estimate of drug-likeness (QED) is 0.316. The number of methoxy groups -OCH3 is 1. The number of carboxylic acids is 1. The van der Waals surface area contributed by atoms with E-state index in [0.717, 1.165) is 18.4 Å². The topological polar surface area (TPSA) is 104 Å². The first kappa shape index (κ1) is 28.9. The van der Waals surface area contributed by atoms with Gasteiger partial charge in [-0.3, -0.25) is 0 Å². The fourth-order valence-corrected chi connectivity index (χ4v) is 3.25. The number of unbranched alkanes of at least 4 members (excludes halogenated alkanes) is 1. The second kappa shape index (κ2) is 16.4. The summed E-state index contributed by atoms with van der Waals surface area (Å²) in [7, 11) is 1.57. The van der Waals surface area contributed by atoms with Crippen molar-refractivity contribution in [2.45, 2.75) is 39.2 Å². The number of hydrogen-bond donors (Lipinski definition) is 1. The molecule has 9 heteroatoms. The van der Waals surface area contributed by atoms with E-state index in [4.69, 9.17) is 23.7 Å². The predicted octanol–water partition coefficient (Wildman–Crippen LogP) is 4.42. The molecule has 0 spiro atoms. The third-order valence-electron chi connectivity index (χ3n) is 5.29. The molecule has 0 fully saturated rings. The zero-order valence-electron chi connectivity index (χ0n) is 21.3. The normalized spacial score (nSPS) is 11.5. The molecule has 36 heavy (non-hydrogen) atoms. The number of benzene rings is 2. The summed E-state index contributed by atoms with van der Waals surface area (Å²) in [5, 5.41) is 9.25. The van der Waals surface area contributed by atoms with Crippen molar-refractivity contribution in [3.63, 3.8) is 0 Å². The van der Waals surface area contributed by atoms with Crippen molar-refractivity contribution in [2.75, 3.05) is 46.6 Å². The summed E-state index contributed by atoms with van der Waals surface area (Å²) in [6, 6.07) is 13.9. The van der Waals surface area contributed by atoms with Gasteiger partial charge in [0, 0.05) is 26.2 Å². The van der Waals surface area contributed by atoms with Crippen LogP contribution in [0.2, 0.25) is 0 Å². The lowest BCUT2D eigenvalue weighted by molar-refractivity contribution is -0.149. The Balaban J connectivity index is 1.90. The van der Waals surface area contributed by atoms with Gasteiger partial charge in [0.15, 0.2) is 6.10 Å². The van der Waals surface area contributed by atoms with Gasteiger partial charge >= 0.3 is 12.1 Å². The van der Waals surface area contributed by atoms with Crippen molar-refractivity contribution >= 4 is 12.1 Å². The van der Waals surface area contributed by atoms with Gasteiger partial charge in [0.05, 0.1) is 20.3 Å². The second-order valence-electron chi connectivity index (χ2n) is 7.98. The Morgan fingerprint density at radius 1 is 0.889 bits per heavy atom. The molecule has 2 rings (SSSR count). The summed E-state index contributed by atoms with van der Waals surface area (Å²) in [5.74, 6) is 0.717. The minimum atomic E-state index is -0.988. The van der Waals surface area contributed by atoms with Crippen LogP contribution < -0.4 is 14.2 Å². The Labute approximate surface area is 212 Å². The first-order valence-corrected chi connectivity index (χ1v) is 12.2. The van der Waals surface area contributed by atoms with Gasteiger partial charge in [0.2, 0.25) is 0 Å². The van der Waals surface area contributed by atoms with Crippen molar-refractivity contribution < 1.29 is 38.4 Å². The highest BCUT2D eigenvalue weighted by atomic mass is 16.6. The molecular weight excluding hydrogens is 466 g/mol. The van der Waals surface area contributed by atoms with Gasteiger partial charge in [0.25, 0.3) is 0 Å². The smallest absolute Gasteiger partial charge is 0.415 e. The lowest BCUT2D eigenvalue weighted by atomic mass is 10.1. The van der Waals surface area contributed by atoms with Crippen LogP contribution in [0.5, 0.6) is 17.2 Å². The van der Waals surface area contributed by atoms with E-state index in [-0.39, 0.29) is 13.0 Å². The monoisotopic (exact) mass is 503 g/mol. The van der Waals surface area contributed by atoms with E-state index in [1.807, 2.05) is 12.1 Å². The average Bonchev–Trinajstić information content (AvgIpc) is 2.88. The van der Waals surface area contributed by atoms with Crippen LogP contribution in [0.25, 0.3) is 0 Å². The zero-order chi connectivity index (χ0) is 26.2. The fraction of sp³-hybridized carbons (Fsp3) is 0.481. The van der Waals surface area contributed by atoms with E-state index in [2.05, 4.69) is 6.92 Å². The standard InChI is InChI=1S/C27H37NO8/c1-4-6-17-33-18-15-28(27(31)36-24-13-11-22(32-3)12-14-24)16-19-35-23-9-7-21(8-10-23)20-25(26(29)30)34-5-2/h7-14,25H,4-6,15-20H2,1-3H3,(H,29,30). The number of ether oxygens (including phenoxy) is 5. The Kier molecular flexibility index (Phi) is 13.2. The number of aliphatic carboxylic acids is 1. The van der Waals surface area contributed by atoms with E-state index in [0.29, 0.717) is 50.2 Å². The van der Waals surface area contributed by atoms with Crippen molar-refractivity contribution in [3.8, 4) is 17.2 Å². The molecule has 1 unspecified atom stereocenters.